The smallest absolute Gasteiger partial charge is 0.447 e. The van der Waals surface area contributed by atoms with Crippen molar-refractivity contribution in [2.24, 2.45) is 5.73 Å². The zero-order chi connectivity index (χ0) is 94.6. The molecule has 6 atom stereocenters. The molecule has 0 aliphatic carbocycles. The van der Waals surface area contributed by atoms with Gasteiger partial charge in [-0.3, -0.25) is 57.9 Å². The number of imidazole rings is 3. The van der Waals surface area contributed by atoms with Crippen molar-refractivity contribution in [1.82, 2.24) is 63.9 Å². The number of nitrogens with zero attached hydrogens (tertiary/aromatic N) is 11. The first-order valence-electron chi connectivity index (χ1n) is 44.2. The Morgan fingerprint density at radius 3 is 1.12 bits per heavy atom. The molecule has 132 heavy (non-hydrogen) atoms. The maximum Gasteiger partial charge on any atom is 0.513 e. The van der Waals surface area contributed by atoms with Crippen LogP contribution in [0.1, 0.15) is 199 Å². The van der Waals surface area contributed by atoms with E-state index in [1.807, 2.05) is 6.08 Å². The average Bonchev–Trinajstić information content (AvgIpc) is 1.66. The molecule has 8 aromatic rings. The third-order valence-corrected chi connectivity index (χ3v) is 19.8. The summed E-state index contributed by atoms with van der Waals surface area (Å²) in [4.78, 5) is 145. The summed E-state index contributed by atoms with van der Waals surface area (Å²) in [6.07, 6.45) is 78.9. The van der Waals surface area contributed by atoms with Gasteiger partial charge in [0.2, 0.25) is 0 Å². The topological polar surface area (TPSA) is 485 Å². The molecule has 3 fully saturated rings. The summed E-state index contributed by atoms with van der Waals surface area (Å²) in [5, 5.41) is 32.5. The highest BCUT2D eigenvalue weighted by Crippen LogP contribution is 2.33. The number of rotatable bonds is 47. The molecular formula is C95H119ClN16O20. The van der Waals surface area contributed by atoms with Crippen LogP contribution in [0.3, 0.4) is 0 Å². The van der Waals surface area contributed by atoms with Crippen molar-refractivity contribution in [3.05, 3.63) is 284 Å². The number of aliphatic hydroxyl groups is 1. The van der Waals surface area contributed by atoms with Crippen LogP contribution in [-0.4, -0.2) is 154 Å². The summed E-state index contributed by atoms with van der Waals surface area (Å²) in [5.74, 6) is 0.807. The lowest BCUT2D eigenvalue weighted by atomic mass is 10.1. The summed E-state index contributed by atoms with van der Waals surface area (Å²) >= 11 is 4.92. The number of aromatic nitrogens is 12. The number of carbonyl (C=O) groups is 5. The molecule has 2 aromatic carbocycles. The number of aliphatic hydroxyl groups excluding tert-OH is 1. The van der Waals surface area contributed by atoms with Gasteiger partial charge in [-0.25, -0.2) is 44.3 Å². The van der Waals surface area contributed by atoms with Crippen LogP contribution < -0.4 is 37.2 Å². The van der Waals surface area contributed by atoms with Crippen LogP contribution >= 0.6 is 11.6 Å². The SMILES string of the molecule is CC/C=C\C/C=C\C/C=C\C/C=C\C/C=C\C/C=C\CCC(=O)CCCN.CC/C=C\C/C=C\C/C=C\C/C=C\C/C=C\C/C=C\CCC(=O)CCCNC(=O)OC[C@@H]1CCC(n2cnc3c(=O)[nH]cnc32)O1.O=C(Cl)Oc1ccc([N+](=O)[O-])cc1.O=C(OC[C@@H]1CCC(n2cnc3c(=O)[nH]cnc32)O1)Oc1ccc([N+](=O)[O-])cc1.O=c1[nH]cnc2c1ncn2[C@H]1CC[C@@H](CO)O1. The number of allylic oxidation sites excluding steroid dienone is 24. The van der Waals surface area contributed by atoms with Crippen molar-refractivity contribution in [2.45, 2.75) is 218 Å². The number of amides is 1. The minimum atomic E-state index is -0.978. The molecule has 9 heterocycles. The van der Waals surface area contributed by atoms with Crippen LogP contribution in [0, 0.1) is 20.2 Å². The third kappa shape index (κ3) is 40.7. The Hall–Kier alpha value is -13.4. The van der Waals surface area contributed by atoms with Gasteiger partial charge in [-0.15, -0.1) is 0 Å². The monoisotopic (exact) mass is 1840 g/mol. The molecular weight excluding hydrogens is 1720 g/mol. The fourth-order valence-electron chi connectivity index (χ4n) is 12.9. The number of nitro benzene ring substituents is 2. The number of carbonyl (C=O) groups excluding carboxylic acids is 5. The van der Waals surface area contributed by atoms with E-state index in [2.05, 4.69) is 209 Å². The first-order chi connectivity index (χ1) is 64.3. The first kappa shape index (κ1) is 106. The molecule has 37 heteroatoms. The number of Topliss-reactive ketones (excluding diaryl/α,β-unsaturated/α-hetero) is 2. The Morgan fingerprint density at radius 1 is 0.462 bits per heavy atom. The van der Waals surface area contributed by atoms with Crippen molar-refractivity contribution >= 4 is 85.7 Å². The number of nitrogens with one attached hydrogen (secondary N) is 4. The van der Waals surface area contributed by atoms with Crippen LogP contribution in [0.5, 0.6) is 11.5 Å². The highest BCUT2D eigenvalue weighted by molar-refractivity contribution is 6.61. The second kappa shape index (κ2) is 62.8. The third-order valence-electron chi connectivity index (χ3n) is 19.7. The molecule has 3 aliphatic heterocycles. The zero-order valence-corrected chi connectivity index (χ0v) is 75.2. The number of non-ortho nitro benzene ring substituents is 2. The van der Waals surface area contributed by atoms with Gasteiger partial charge in [0, 0.05) is 68.1 Å². The van der Waals surface area contributed by atoms with E-state index < -0.39 is 27.5 Å². The summed E-state index contributed by atoms with van der Waals surface area (Å²) < 4.78 is 42.4. The molecule has 7 N–H and O–H groups in total. The molecule has 0 bridgehead atoms. The highest BCUT2D eigenvalue weighted by atomic mass is 35.5. The minimum absolute atomic E-state index is 0.0111. The normalized spacial score (nSPS) is 16.9. The number of hydrogen-bond donors (Lipinski definition) is 6. The minimum Gasteiger partial charge on any atom is -0.447 e. The van der Waals surface area contributed by atoms with E-state index in [1.165, 1.54) is 73.8 Å². The molecule has 3 aliphatic rings. The maximum absolute atomic E-state index is 12.1. The predicted molar refractivity (Wildman–Crippen MR) is 503 cm³/mol. The van der Waals surface area contributed by atoms with Gasteiger partial charge in [0.05, 0.1) is 72.7 Å². The van der Waals surface area contributed by atoms with Gasteiger partial charge in [0.15, 0.2) is 33.5 Å². The van der Waals surface area contributed by atoms with E-state index >= 15 is 0 Å². The Morgan fingerprint density at radius 2 is 0.788 bits per heavy atom. The van der Waals surface area contributed by atoms with Crippen LogP contribution in [-0.2, 0) is 33.3 Å². The molecule has 0 spiro atoms. The fraction of sp³-hybridized carbons (Fsp3) is 0.411. The Labute approximate surface area is 769 Å². The van der Waals surface area contributed by atoms with Gasteiger partial charge in [-0.1, -0.05) is 160 Å². The number of hydrogen-bond acceptors (Lipinski definition) is 27. The number of ether oxygens (including phenoxy) is 7. The lowest BCUT2D eigenvalue weighted by Crippen LogP contribution is -2.29. The van der Waals surface area contributed by atoms with E-state index in [4.69, 9.17) is 50.9 Å². The van der Waals surface area contributed by atoms with Crippen LogP contribution in [0.25, 0.3) is 33.5 Å². The standard InChI is InChI=1S/C36H49N5O5.C25H39NO.C17H15N5O7.C10H12N4O3.C7H4ClNO4/c1-2-3-4-5-6-7-8-9-10-11-12-13-14-15-16-17-18-19-20-22-30(42)23-21-26-37-36(44)45-27-31-24-25-32(46-31)41-29-40-33-34(41)38-28-39-35(33)43;1-2-3-4-5-6-7-8-9-10-11-12-13-14-15-16-17-18-19-20-22-25(27)23-21-24-26;23-16-14-15(18-8-19-16)21(9-20-14)13-6-5-12(28-13)7-27-17(24)29-11-3-1-10(2-4-11)22(25)26;15-3-6-1-2-7(17-6)14-5-13-8-9(14)11-4-12-10(8)16;8-7(10)13-6-3-1-5(2-4-6)9(11)12/h3-4,6-7,9-10,12-13,15-16,18-19,28-29,31-32H,2,5,8,11,14,17,20-27H2,1H3,(H,37,44)(H,38,39,43);3-4,6-7,9-10,12-13,15-16,18-19H,2,5,8,11,14,17,20-24,26H2,1H3;1-4,8-9,12-13H,5-7H2,(H,18,19,23);4-7,15H,1-3H2,(H,11,12,16);1-4H/b2*4-3-,7-6-,10-9-,13-12-,16-15-,19-18-;;;/t31-,32?;;12-,13?;6-,7+;/m0.00./s1. The zero-order valence-electron chi connectivity index (χ0n) is 74.4. The Kier molecular flexibility index (Phi) is 50.2. The molecule has 0 radical (unpaired) electrons. The van der Waals surface area contributed by atoms with Crippen molar-refractivity contribution in [1.29, 1.82) is 0 Å². The number of alkyl carbamates (subject to hydrolysis) is 1. The molecule has 11 rings (SSSR count). The average molecular weight is 1840 g/mol. The van der Waals surface area contributed by atoms with Crippen LogP contribution in [0.15, 0.2) is 247 Å². The van der Waals surface area contributed by atoms with Gasteiger partial charge >= 0.3 is 17.7 Å². The lowest BCUT2D eigenvalue weighted by molar-refractivity contribution is -0.385. The van der Waals surface area contributed by atoms with Crippen molar-refractivity contribution in [3.8, 4) is 11.5 Å². The van der Waals surface area contributed by atoms with Gasteiger partial charge in [-0.2, -0.15) is 0 Å². The van der Waals surface area contributed by atoms with Crippen molar-refractivity contribution in [3.63, 3.8) is 0 Å². The van der Waals surface area contributed by atoms with Gasteiger partial charge in [0.25, 0.3) is 28.1 Å². The summed E-state index contributed by atoms with van der Waals surface area (Å²) in [7, 11) is 0. The van der Waals surface area contributed by atoms with E-state index in [0.29, 0.717) is 99.1 Å². The summed E-state index contributed by atoms with van der Waals surface area (Å²) in [5.41, 5.74) is 5.52. The molecule has 0 saturated carbocycles. The summed E-state index contributed by atoms with van der Waals surface area (Å²) in [6.45, 7) is 5.38. The quantitative estimate of drug-likeness (QED) is 0.00392. The Bertz CT molecular complexity index is 5440. The number of ketones is 2. The number of nitrogens with two attached hydrogens (primary N) is 1. The largest absolute Gasteiger partial charge is 0.513 e. The number of nitro groups is 2. The number of aromatic amines is 3. The van der Waals surface area contributed by atoms with E-state index in [9.17, 15) is 58.6 Å². The highest BCUT2D eigenvalue weighted by Gasteiger charge is 2.32. The predicted octanol–water partition coefficient (Wildman–Crippen LogP) is 18.2. The number of fused-ring (bicyclic) bond motifs is 3. The Balaban J connectivity index is 0.000000240. The maximum atomic E-state index is 12.1. The van der Waals surface area contributed by atoms with Crippen LogP contribution in [0.4, 0.5) is 25.8 Å². The van der Waals surface area contributed by atoms with Crippen molar-refractivity contribution in [2.75, 3.05) is 32.9 Å². The second-order valence-corrected chi connectivity index (χ2v) is 30.0. The fourth-order valence-corrected chi connectivity index (χ4v) is 13.0. The van der Waals surface area contributed by atoms with Crippen molar-refractivity contribution < 1.29 is 72.1 Å². The van der Waals surface area contributed by atoms with E-state index in [1.54, 1.807) is 26.4 Å². The lowest BCUT2D eigenvalue weighted by Gasteiger charge is -2.15. The van der Waals surface area contributed by atoms with Gasteiger partial charge in [-0.05, 0) is 172 Å². The van der Waals surface area contributed by atoms with Gasteiger partial charge in [0.1, 0.15) is 55.0 Å². The number of halogens is 1. The first-order valence-corrected chi connectivity index (χ1v) is 44.6. The molecule has 3 saturated heterocycles. The molecule has 36 nitrogen and oxygen atoms in total. The molecule has 1 amide bonds. The van der Waals surface area contributed by atoms with Gasteiger partial charge < -0.3 is 64.3 Å². The summed E-state index contributed by atoms with van der Waals surface area (Å²) in [6, 6.07) is 10.1. The molecule has 6 aromatic heterocycles. The van der Waals surface area contributed by atoms with E-state index in [-0.39, 0.29) is 113 Å². The molecule has 706 valence electrons. The van der Waals surface area contributed by atoms with Crippen LogP contribution in [0.2, 0.25) is 0 Å². The second-order valence-electron chi connectivity index (χ2n) is 29.7. The van der Waals surface area contributed by atoms with E-state index in [0.717, 1.165) is 109 Å². The molecule has 2 unspecified atom stereocenters. The number of H-pyrrole nitrogens is 3. The number of benzene rings is 2.